The van der Waals surface area contributed by atoms with E-state index in [0.29, 0.717) is 5.69 Å². The zero-order valence-corrected chi connectivity index (χ0v) is 12.6. The van der Waals surface area contributed by atoms with Gasteiger partial charge in [0.15, 0.2) is 0 Å². The number of hydrazone groups is 1. The summed E-state index contributed by atoms with van der Waals surface area (Å²) in [7, 11) is 0. The number of carbonyl (C=O) groups excluding carboxylic acids is 2. The van der Waals surface area contributed by atoms with Crippen LogP contribution in [0.1, 0.15) is 17.0 Å². The summed E-state index contributed by atoms with van der Waals surface area (Å²) in [4.78, 5) is 22.6. The van der Waals surface area contributed by atoms with Crippen molar-refractivity contribution in [2.24, 2.45) is 5.10 Å². The highest BCUT2D eigenvalue weighted by Crippen LogP contribution is 2.17. The monoisotopic (exact) mass is 315 g/mol. The lowest BCUT2D eigenvalue weighted by molar-refractivity contribution is -0.118. The van der Waals surface area contributed by atoms with Crippen LogP contribution in [0.5, 0.6) is 0 Å². The molecule has 0 radical (unpaired) electrons. The number of imide groups is 1. The van der Waals surface area contributed by atoms with Gasteiger partial charge in [-0.15, -0.1) is 0 Å². The van der Waals surface area contributed by atoms with E-state index in [1.807, 2.05) is 13.8 Å². The zero-order valence-electron chi connectivity index (χ0n) is 12.6. The molecule has 8 heteroatoms. The summed E-state index contributed by atoms with van der Waals surface area (Å²) in [5.41, 5.74) is 2.97. The number of nitrogens with one attached hydrogen (secondary N) is 1. The van der Waals surface area contributed by atoms with Crippen molar-refractivity contribution < 1.29 is 14.0 Å². The van der Waals surface area contributed by atoms with Crippen molar-refractivity contribution in [3.05, 3.63) is 47.0 Å². The SMILES string of the molecule is Cc1nn(-c2ccc(F)cc2)c(C)c1/C=N/N1CC(=O)NC1=O. The second-order valence-electron chi connectivity index (χ2n) is 5.13. The van der Waals surface area contributed by atoms with Gasteiger partial charge < -0.3 is 0 Å². The number of aromatic nitrogens is 2. The lowest BCUT2D eigenvalue weighted by Gasteiger charge is -2.05. The van der Waals surface area contributed by atoms with E-state index in [4.69, 9.17) is 0 Å². The van der Waals surface area contributed by atoms with Gasteiger partial charge in [-0.2, -0.15) is 10.2 Å². The van der Waals surface area contributed by atoms with Crippen LogP contribution in [-0.4, -0.2) is 39.5 Å². The van der Waals surface area contributed by atoms with E-state index in [0.717, 1.165) is 22.0 Å². The number of amides is 3. The van der Waals surface area contributed by atoms with E-state index >= 15 is 0 Å². The standard InChI is InChI=1S/C15H14FN5O2/c1-9-13(7-17-20-8-14(22)18-15(20)23)10(2)21(19-9)12-5-3-11(16)4-6-12/h3-7H,8H2,1-2H3,(H,18,22,23)/b17-7+. The number of urea groups is 1. The molecule has 1 aromatic heterocycles. The normalized spacial score (nSPS) is 14.8. The van der Waals surface area contributed by atoms with Crippen LogP contribution in [-0.2, 0) is 4.79 Å². The summed E-state index contributed by atoms with van der Waals surface area (Å²) < 4.78 is 14.7. The van der Waals surface area contributed by atoms with Crippen LogP contribution in [0, 0.1) is 19.7 Å². The van der Waals surface area contributed by atoms with Crippen LogP contribution in [0.3, 0.4) is 0 Å². The van der Waals surface area contributed by atoms with E-state index in [-0.39, 0.29) is 18.3 Å². The molecule has 1 saturated heterocycles. The molecule has 0 bridgehead atoms. The third kappa shape index (κ3) is 2.83. The van der Waals surface area contributed by atoms with Gasteiger partial charge in [0.05, 0.1) is 23.3 Å². The molecule has 1 fully saturated rings. The number of aryl methyl sites for hydroxylation is 1. The van der Waals surface area contributed by atoms with Crippen molar-refractivity contribution in [3.8, 4) is 5.69 Å². The number of nitrogens with zero attached hydrogens (tertiary/aromatic N) is 4. The summed E-state index contributed by atoms with van der Waals surface area (Å²) >= 11 is 0. The molecule has 1 N–H and O–H groups in total. The number of hydrogen-bond acceptors (Lipinski definition) is 4. The first kappa shape index (κ1) is 14.9. The van der Waals surface area contributed by atoms with Crippen molar-refractivity contribution in [1.29, 1.82) is 0 Å². The van der Waals surface area contributed by atoms with Gasteiger partial charge in [-0.25, -0.2) is 18.9 Å². The Kier molecular flexibility index (Phi) is 3.65. The van der Waals surface area contributed by atoms with E-state index in [1.54, 1.807) is 16.8 Å². The predicted molar refractivity (Wildman–Crippen MR) is 80.8 cm³/mol. The van der Waals surface area contributed by atoms with Gasteiger partial charge in [0, 0.05) is 5.56 Å². The maximum absolute atomic E-state index is 13.0. The van der Waals surface area contributed by atoms with Gasteiger partial charge in [0.2, 0.25) is 5.91 Å². The number of rotatable bonds is 3. The number of hydrogen-bond donors (Lipinski definition) is 1. The lowest BCUT2D eigenvalue weighted by Crippen LogP contribution is -2.24. The molecule has 23 heavy (non-hydrogen) atoms. The summed E-state index contributed by atoms with van der Waals surface area (Å²) in [5, 5.41) is 11.6. The second-order valence-corrected chi connectivity index (χ2v) is 5.13. The molecule has 2 heterocycles. The van der Waals surface area contributed by atoms with Crippen LogP contribution in [0.4, 0.5) is 9.18 Å². The third-order valence-corrected chi connectivity index (χ3v) is 3.52. The van der Waals surface area contributed by atoms with Crippen LogP contribution in [0.15, 0.2) is 29.4 Å². The molecule has 0 spiro atoms. The van der Waals surface area contributed by atoms with Crippen molar-refractivity contribution in [2.45, 2.75) is 13.8 Å². The molecule has 118 valence electrons. The fraction of sp³-hybridized carbons (Fsp3) is 0.200. The van der Waals surface area contributed by atoms with Gasteiger partial charge in [-0.1, -0.05) is 0 Å². The molecule has 1 aliphatic rings. The van der Waals surface area contributed by atoms with Crippen LogP contribution >= 0.6 is 0 Å². The van der Waals surface area contributed by atoms with Crippen LogP contribution in [0.2, 0.25) is 0 Å². The molecule has 2 aromatic rings. The molecular weight excluding hydrogens is 301 g/mol. The number of benzene rings is 1. The highest BCUT2D eigenvalue weighted by atomic mass is 19.1. The van der Waals surface area contributed by atoms with Gasteiger partial charge >= 0.3 is 6.03 Å². The van der Waals surface area contributed by atoms with E-state index in [2.05, 4.69) is 15.5 Å². The first-order chi connectivity index (χ1) is 11.0. The lowest BCUT2D eigenvalue weighted by atomic mass is 10.2. The van der Waals surface area contributed by atoms with Crippen LogP contribution < -0.4 is 5.32 Å². The molecule has 1 aliphatic heterocycles. The third-order valence-electron chi connectivity index (χ3n) is 3.52. The Morgan fingerprint density at radius 3 is 2.57 bits per heavy atom. The van der Waals surface area contributed by atoms with Gasteiger partial charge in [-0.3, -0.25) is 10.1 Å². The fourth-order valence-electron chi connectivity index (χ4n) is 2.33. The van der Waals surface area contributed by atoms with Crippen molar-refractivity contribution >= 4 is 18.2 Å². The van der Waals surface area contributed by atoms with Gasteiger partial charge in [0.1, 0.15) is 12.4 Å². The van der Waals surface area contributed by atoms with E-state index in [1.165, 1.54) is 18.3 Å². The molecule has 3 rings (SSSR count). The van der Waals surface area contributed by atoms with Crippen molar-refractivity contribution in [3.63, 3.8) is 0 Å². The minimum Gasteiger partial charge on any atom is -0.275 e. The topological polar surface area (TPSA) is 79.6 Å². The maximum Gasteiger partial charge on any atom is 0.344 e. The predicted octanol–water partition coefficient (Wildman–Crippen LogP) is 1.51. The molecular formula is C15H14FN5O2. The summed E-state index contributed by atoms with van der Waals surface area (Å²) in [5.74, 6) is -0.704. The Morgan fingerprint density at radius 1 is 1.26 bits per heavy atom. The summed E-state index contributed by atoms with van der Waals surface area (Å²) in [6.45, 7) is 3.56. The Bertz CT molecular complexity index is 810. The Labute approximate surface area is 131 Å². The molecule has 7 nitrogen and oxygen atoms in total. The van der Waals surface area contributed by atoms with Crippen molar-refractivity contribution in [2.75, 3.05) is 6.54 Å². The molecule has 3 amide bonds. The fourth-order valence-corrected chi connectivity index (χ4v) is 2.33. The first-order valence-electron chi connectivity index (χ1n) is 6.93. The molecule has 0 aliphatic carbocycles. The van der Waals surface area contributed by atoms with Gasteiger partial charge in [0.25, 0.3) is 0 Å². The minimum absolute atomic E-state index is 0.0977. The highest BCUT2D eigenvalue weighted by Gasteiger charge is 2.26. The van der Waals surface area contributed by atoms with E-state index in [9.17, 15) is 14.0 Å². The Hall–Kier alpha value is -3.03. The summed E-state index contributed by atoms with van der Waals surface area (Å²) in [6.07, 6.45) is 1.50. The molecule has 0 saturated carbocycles. The average Bonchev–Trinajstić information content (AvgIpc) is 2.97. The smallest absolute Gasteiger partial charge is 0.275 e. The molecule has 1 aromatic carbocycles. The molecule has 0 atom stereocenters. The van der Waals surface area contributed by atoms with Gasteiger partial charge in [-0.05, 0) is 38.1 Å². The second kappa shape index (κ2) is 5.64. The Balaban J connectivity index is 1.90. The zero-order chi connectivity index (χ0) is 16.6. The van der Waals surface area contributed by atoms with Crippen molar-refractivity contribution in [1.82, 2.24) is 20.1 Å². The summed E-state index contributed by atoms with van der Waals surface area (Å²) in [6, 6.07) is 5.43. The average molecular weight is 315 g/mol. The number of halogens is 1. The largest absolute Gasteiger partial charge is 0.344 e. The minimum atomic E-state index is -0.549. The maximum atomic E-state index is 13.0. The number of carbonyl (C=O) groups is 2. The molecule has 0 unspecified atom stereocenters. The van der Waals surface area contributed by atoms with Crippen LogP contribution in [0.25, 0.3) is 5.69 Å². The van der Waals surface area contributed by atoms with E-state index < -0.39 is 6.03 Å². The Morgan fingerprint density at radius 2 is 1.96 bits per heavy atom. The highest BCUT2D eigenvalue weighted by molar-refractivity contribution is 6.02. The quantitative estimate of drug-likeness (QED) is 0.689. The first-order valence-corrected chi connectivity index (χ1v) is 6.93.